The standard InChI is InChI=1S/C22H24FN5O3/c1-14-10-25-18(12-24-14)22-28-27-21(31-22)16-8-6-15(7-9-16)11-26-20(29)13-30-19-5-3-2-4-17(19)23/h2-5,10,12,15-16H,6-9,11,13H2,1H3,(H,26,29). The maximum absolute atomic E-state index is 13.5. The molecule has 1 aromatic carbocycles. The van der Waals surface area contributed by atoms with Crippen molar-refractivity contribution in [1.82, 2.24) is 25.5 Å². The number of carbonyl (C=O) groups excluding carboxylic acids is 1. The van der Waals surface area contributed by atoms with E-state index in [4.69, 9.17) is 9.15 Å². The summed E-state index contributed by atoms with van der Waals surface area (Å²) in [4.78, 5) is 20.5. The molecule has 162 valence electrons. The van der Waals surface area contributed by atoms with E-state index in [1.807, 2.05) is 6.92 Å². The molecule has 0 saturated heterocycles. The molecule has 31 heavy (non-hydrogen) atoms. The summed E-state index contributed by atoms with van der Waals surface area (Å²) in [6.07, 6.45) is 7.01. The molecule has 1 aliphatic carbocycles. The van der Waals surface area contributed by atoms with Crippen LogP contribution in [0.1, 0.15) is 43.2 Å². The Kier molecular flexibility index (Phi) is 6.49. The SMILES string of the molecule is Cc1cnc(-c2nnc(C3CCC(CNC(=O)COc4ccccc4F)CC3)o2)cn1. The van der Waals surface area contributed by atoms with Gasteiger partial charge in [-0.1, -0.05) is 12.1 Å². The summed E-state index contributed by atoms with van der Waals surface area (Å²) >= 11 is 0. The number of rotatable bonds is 7. The van der Waals surface area contributed by atoms with Gasteiger partial charge in [-0.3, -0.25) is 9.78 Å². The minimum atomic E-state index is -0.479. The van der Waals surface area contributed by atoms with E-state index in [9.17, 15) is 9.18 Å². The quantitative estimate of drug-likeness (QED) is 0.618. The number of carbonyl (C=O) groups is 1. The molecule has 0 aliphatic heterocycles. The second kappa shape index (κ2) is 9.63. The van der Waals surface area contributed by atoms with Gasteiger partial charge in [-0.2, -0.15) is 0 Å². The Balaban J connectivity index is 1.21. The summed E-state index contributed by atoms with van der Waals surface area (Å²) in [6.45, 7) is 2.23. The Labute approximate surface area is 179 Å². The third-order valence-corrected chi connectivity index (χ3v) is 5.42. The monoisotopic (exact) mass is 425 g/mol. The van der Waals surface area contributed by atoms with E-state index in [0.29, 0.717) is 29.9 Å². The van der Waals surface area contributed by atoms with Gasteiger partial charge in [0.05, 0.1) is 11.9 Å². The van der Waals surface area contributed by atoms with Crippen molar-refractivity contribution >= 4 is 5.91 Å². The smallest absolute Gasteiger partial charge is 0.267 e. The van der Waals surface area contributed by atoms with Crippen LogP contribution in [0, 0.1) is 18.7 Å². The van der Waals surface area contributed by atoms with E-state index in [-0.39, 0.29) is 24.2 Å². The number of aryl methyl sites for hydroxylation is 1. The Morgan fingerprint density at radius 3 is 2.71 bits per heavy atom. The van der Waals surface area contributed by atoms with Gasteiger partial charge in [0.15, 0.2) is 18.2 Å². The molecule has 4 rings (SSSR count). The van der Waals surface area contributed by atoms with Crippen LogP contribution in [0.3, 0.4) is 0 Å². The summed E-state index contributed by atoms with van der Waals surface area (Å²) in [6, 6.07) is 6.03. The van der Waals surface area contributed by atoms with Crippen molar-refractivity contribution in [2.24, 2.45) is 5.92 Å². The van der Waals surface area contributed by atoms with Crippen LogP contribution >= 0.6 is 0 Å². The number of nitrogens with zero attached hydrogens (tertiary/aromatic N) is 4. The molecule has 3 aromatic rings. The molecule has 8 nitrogen and oxygen atoms in total. The van der Waals surface area contributed by atoms with Gasteiger partial charge < -0.3 is 14.5 Å². The average molecular weight is 425 g/mol. The minimum absolute atomic E-state index is 0.0775. The lowest BCUT2D eigenvalue weighted by atomic mass is 9.82. The number of nitrogens with one attached hydrogen (secondary N) is 1. The van der Waals surface area contributed by atoms with Crippen LogP contribution in [-0.2, 0) is 4.79 Å². The number of amides is 1. The van der Waals surface area contributed by atoms with Gasteiger partial charge in [-0.15, -0.1) is 10.2 Å². The molecule has 2 aromatic heterocycles. The molecule has 2 heterocycles. The van der Waals surface area contributed by atoms with Crippen molar-refractivity contribution in [3.8, 4) is 17.3 Å². The fourth-order valence-corrected chi connectivity index (χ4v) is 3.63. The van der Waals surface area contributed by atoms with Crippen LogP contribution in [0.5, 0.6) is 5.75 Å². The molecule has 1 saturated carbocycles. The first kappa shape index (κ1) is 20.9. The number of halogens is 1. The van der Waals surface area contributed by atoms with Crippen molar-refractivity contribution in [2.75, 3.05) is 13.2 Å². The van der Waals surface area contributed by atoms with Crippen LogP contribution in [0.2, 0.25) is 0 Å². The third-order valence-electron chi connectivity index (χ3n) is 5.42. The molecule has 9 heteroatoms. The van der Waals surface area contributed by atoms with Crippen LogP contribution in [0.4, 0.5) is 4.39 Å². The molecule has 0 atom stereocenters. The van der Waals surface area contributed by atoms with Gasteiger partial charge in [0.1, 0.15) is 5.69 Å². The van der Waals surface area contributed by atoms with Gasteiger partial charge in [0.2, 0.25) is 5.89 Å². The van der Waals surface area contributed by atoms with Gasteiger partial charge in [-0.25, -0.2) is 9.37 Å². The molecule has 1 amide bonds. The van der Waals surface area contributed by atoms with Crippen LogP contribution < -0.4 is 10.1 Å². The molecule has 1 N–H and O–H groups in total. The maximum atomic E-state index is 13.5. The Morgan fingerprint density at radius 1 is 1.16 bits per heavy atom. The molecular formula is C22H24FN5O3. The fraction of sp³-hybridized carbons (Fsp3) is 0.409. The van der Waals surface area contributed by atoms with E-state index in [0.717, 1.165) is 31.4 Å². The number of aromatic nitrogens is 4. The summed E-state index contributed by atoms with van der Waals surface area (Å²) < 4.78 is 24.6. The predicted molar refractivity (Wildman–Crippen MR) is 110 cm³/mol. The van der Waals surface area contributed by atoms with Crippen molar-refractivity contribution in [1.29, 1.82) is 0 Å². The van der Waals surface area contributed by atoms with Gasteiger partial charge >= 0.3 is 0 Å². The summed E-state index contributed by atoms with van der Waals surface area (Å²) in [5, 5.41) is 11.2. The lowest BCUT2D eigenvalue weighted by Gasteiger charge is -2.26. The molecule has 1 aliphatic rings. The molecule has 0 unspecified atom stereocenters. The second-order valence-corrected chi connectivity index (χ2v) is 7.73. The van der Waals surface area contributed by atoms with E-state index >= 15 is 0 Å². The lowest BCUT2D eigenvalue weighted by molar-refractivity contribution is -0.123. The van der Waals surface area contributed by atoms with Crippen molar-refractivity contribution < 1.29 is 18.3 Å². The maximum Gasteiger partial charge on any atom is 0.267 e. The highest BCUT2D eigenvalue weighted by molar-refractivity contribution is 5.77. The van der Waals surface area contributed by atoms with Gasteiger partial charge in [0.25, 0.3) is 11.8 Å². The Morgan fingerprint density at radius 2 is 1.97 bits per heavy atom. The average Bonchev–Trinajstić information content (AvgIpc) is 3.28. The highest BCUT2D eigenvalue weighted by atomic mass is 19.1. The van der Waals surface area contributed by atoms with Crippen molar-refractivity contribution in [2.45, 2.75) is 38.5 Å². The first-order valence-corrected chi connectivity index (χ1v) is 10.3. The Hall–Kier alpha value is -3.36. The zero-order chi connectivity index (χ0) is 21.6. The zero-order valence-electron chi connectivity index (χ0n) is 17.3. The predicted octanol–water partition coefficient (Wildman–Crippen LogP) is 3.44. The summed E-state index contributed by atoms with van der Waals surface area (Å²) in [5.74, 6) is 0.923. The normalized spacial score (nSPS) is 18.5. The largest absolute Gasteiger partial charge is 0.481 e. The van der Waals surface area contributed by atoms with Crippen molar-refractivity contribution in [3.63, 3.8) is 0 Å². The van der Waals surface area contributed by atoms with Crippen LogP contribution in [0.25, 0.3) is 11.6 Å². The lowest BCUT2D eigenvalue weighted by Crippen LogP contribution is -2.34. The van der Waals surface area contributed by atoms with E-state index in [1.54, 1.807) is 24.5 Å². The van der Waals surface area contributed by atoms with Gasteiger partial charge in [-0.05, 0) is 50.7 Å². The minimum Gasteiger partial charge on any atom is -0.481 e. The number of benzene rings is 1. The Bertz CT molecular complexity index is 1020. The van der Waals surface area contributed by atoms with E-state index in [1.165, 1.54) is 12.1 Å². The topological polar surface area (TPSA) is 103 Å². The highest BCUT2D eigenvalue weighted by Gasteiger charge is 2.27. The summed E-state index contributed by atoms with van der Waals surface area (Å²) in [5.41, 5.74) is 1.39. The van der Waals surface area contributed by atoms with E-state index in [2.05, 4.69) is 25.5 Å². The number of hydrogen-bond donors (Lipinski definition) is 1. The number of hydrogen-bond acceptors (Lipinski definition) is 7. The van der Waals surface area contributed by atoms with Crippen LogP contribution in [-0.4, -0.2) is 39.2 Å². The number of para-hydroxylation sites is 1. The molecule has 0 spiro atoms. The fourth-order valence-electron chi connectivity index (χ4n) is 3.63. The summed E-state index contributed by atoms with van der Waals surface area (Å²) in [7, 11) is 0. The first-order chi connectivity index (χ1) is 15.1. The second-order valence-electron chi connectivity index (χ2n) is 7.73. The first-order valence-electron chi connectivity index (χ1n) is 10.3. The molecular weight excluding hydrogens is 401 g/mol. The highest BCUT2D eigenvalue weighted by Crippen LogP contribution is 2.35. The molecule has 0 radical (unpaired) electrons. The third kappa shape index (κ3) is 5.42. The zero-order valence-corrected chi connectivity index (χ0v) is 17.3. The van der Waals surface area contributed by atoms with Crippen LogP contribution in [0.15, 0.2) is 41.1 Å². The molecule has 1 fully saturated rings. The van der Waals surface area contributed by atoms with Gasteiger partial charge in [0, 0.05) is 18.7 Å². The molecule has 0 bridgehead atoms. The van der Waals surface area contributed by atoms with Crippen molar-refractivity contribution in [3.05, 3.63) is 54.1 Å². The van der Waals surface area contributed by atoms with E-state index < -0.39 is 5.82 Å². The number of ether oxygens (including phenoxy) is 1.